The van der Waals surface area contributed by atoms with Gasteiger partial charge in [0.15, 0.2) is 0 Å². The predicted molar refractivity (Wildman–Crippen MR) is 94.5 cm³/mol. The van der Waals surface area contributed by atoms with Crippen molar-refractivity contribution in [2.75, 3.05) is 0 Å². The first-order chi connectivity index (χ1) is 9.44. The van der Waals surface area contributed by atoms with Gasteiger partial charge in [-0.2, -0.15) is 0 Å². The zero-order chi connectivity index (χ0) is 15.1. The summed E-state index contributed by atoms with van der Waals surface area (Å²) in [7, 11) is 0. The van der Waals surface area contributed by atoms with Gasteiger partial charge in [0, 0.05) is 29.0 Å². The number of benzene rings is 2. The highest BCUT2D eigenvalue weighted by Crippen LogP contribution is 2.19. The van der Waals surface area contributed by atoms with E-state index in [2.05, 4.69) is 63.7 Å². The Bertz CT molecular complexity index is 531. The minimum absolute atomic E-state index is 0.668. The number of carbonyl (C=O) groups excluding carboxylic acids is 2. The Morgan fingerprint density at radius 2 is 0.800 bits per heavy atom. The van der Waals surface area contributed by atoms with E-state index in [9.17, 15) is 9.59 Å². The minimum atomic E-state index is 0.668. The van der Waals surface area contributed by atoms with Crippen LogP contribution in [0.5, 0.6) is 0 Å². The van der Waals surface area contributed by atoms with Gasteiger partial charge in [-0.05, 0) is 36.4 Å². The van der Waals surface area contributed by atoms with Gasteiger partial charge in [-0.3, -0.25) is 9.59 Å². The fraction of sp³-hybridized carbons (Fsp3) is 0. The molecule has 0 heterocycles. The third kappa shape index (κ3) is 6.43. The average Bonchev–Trinajstić information content (AvgIpc) is 2.37. The summed E-state index contributed by atoms with van der Waals surface area (Å²) in [5.41, 5.74) is 1.34. The summed E-state index contributed by atoms with van der Waals surface area (Å²) in [4.78, 5) is 20.5. The summed E-state index contributed by atoms with van der Waals surface area (Å²) in [6.45, 7) is 0. The first-order valence-electron chi connectivity index (χ1n) is 5.27. The molecule has 6 heteroatoms. The average molecular weight is 528 g/mol. The second-order valence-electron chi connectivity index (χ2n) is 3.64. The van der Waals surface area contributed by atoms with E-state index in [0.29, 0.717) is 11.1 Å². The molecule has 0 aromatic heterocycles. The smallest absolute Gasteiger partial charge is 0.150 e. The van der Waals surface area contributed by atoms with Gasteiger partial charge >= 0.3 is 0 Å². The summed E-state index contributed by atoms with van der Waals surface area (Å²) in [6.07, 6.45) is 1.63. The monoisotopic (exact) mass is 524 g/mol. The maximum Gasteiger partial charge on any atom is 0.150 e. The van der Waals surface area contributed by atoms with Crippen LogP contribution in [0.4, 0.5) is 0 Å². The Labute approximate surface area is 150 Å². The van der Waals surface area contributed by atoms with Crippen molar-refractivity contribution in [3.05, 3.63) is 65.4 Å². The zero-order valence-electron chi connectivity index (χ0n) is 9.95. The summed E-state index contributed by atoms with van der Waals surface area (Å²) in [5.74, 6) is 0. The van der Waals surface area contributed by atoms with Crippen LogP contribution in [-0.2, 0) is 0 Å². The Morgan fingerprint density at radius 3 is 1.00 bits per heavy atom. The van der Waals surface area contributed by atoms with E-state index in [4.69, 9.17) is 0 Å². The molecule has 0 N–H and O–H groups in total. The molecular weight excluding hydrogens is 520 g/mol. The molecule has 0 saturated heterocycles. The standard InChI is InChI=1S/2C7H4Br2O/c2*8-6-1-5(4-10)2-7(9)3-6/h2*1-4H. The first-order valence-corrected chi connectivity index (χ1v) is 8.44. The predicted octanol–water partition coefficient (Wildman–Crippen LogP) is 6.05. The van der Waals surface area contributed by atoms with E-state index < -0.39 is 0 Å². The van der Waals surface area contributed by atoms with E-state index in [1.54, 1.807) is 24.3 Å². The van der Waals surface area contributed by atoms with Gasteiger partial charge < -0.3 is 0 Å². The molecule has 0 spiro atoms. The van der Waals surface area contributed by atoms with Crippen molar-refractivity contribution in [3.63, 3.8) is 0 Å². The second-order valence-corrected chi connectivity index (χ2v) is 7.30. The van der Waals surface area contributed by atoms with E-state index >= 15 is 0 Å². The molecule has 0 bridgehead atoms. The van der Waals surface area contributed by atoms with E-state index in [1.165, 1.54) is 0 Å². The summed E-state index contributed by atoms with van der Waals surface area (Å²) in [6, 6.07) is 10.8. The quantitative estimate of drug-likeness (QED) is 0.446. The lowest BCUT2D eigenvalue weighted by molar-refractivity contribution is 0.111. The molecule has 0 saturated carbocycles. The molecule has 20 heavy (non-hydrogen) atoms. The lowest BCUT2D eigenvalue weighted by Gasteiger charge is -1.93. The van der Waals surface area contributed by atoms with Gasteiger partial charge in [-0.1, -0.05) is 63.7 Å². The molecule has 0 unspecified atom stereocenters. The van der Waals surface area contributed by atoms with Gasteiger partial charge in [0.25, 0.3) is 0 Å². The molecule has 2 aromatic carbocycles. The zero-order valence-corrected chi connectivity index (χ0v) is 16.3. The van der Waals surface area contributed by atoms with Gasteiger partial charge in [0.1, 0.15) is 12.6 Å². The maximum atomic E-state index is 10.3. The lowest BCUT2D eigenvalue weighted by atomic mass is 10.2. The van der Waals surface area contributed by atoms with Gasteiger partial charge in [-0.25, -0.2) is 0 Å². The summed E-state index contributed by atoms with van der Waals surface area (Å²) in [5, 5.41) is 0. The fourth-order valence-electron chi connectivity index (χ4n) is 1.29. The maximum absolute atomic E-state index is 10.3. The molecule has 0 aliphatic heterocycles. The van der Waals surface area contributed by atoms with Crippen LogP contribution in [0.2, 0.25) is 0 Å². The molecule has 0 atom stereocenters. The van der Waals surface area contributed by atoms with Crippen molar-refractivity contribution >= 4 is 76.3 Å². The van der Waals surface area contributed by atoms with E-state index in [1.807, 2.05) is 12.1 Å². The number of halogens is 4. The van der Waals surface area contributed by atoms with Crippen LogP contribution >= 0.6 is 63.7 Å². The fourth-order valence-corrected chi connectivity index (χ4v) is 3.94. The molecule has 0 amide bonds. The van der Waals surface area contributed by atoms with Gasteiger partial charge in [0.05, 0.1) is 0 Å². The summed E-state index contributed by atoms with van der Waals surface area (Å²) >= 11 is 13.1. The van der Waals surface area contributed by atoms with Crippen molar-refractivity contribution < 1.29 is 9.59 Å². The van der Waals surface area contributed by atoms with Crippen LogP contribution in [0, 0.1) is 0 Å². The minimum Gasteiger partial charge on any atom is -0.298 e. The van der Waals surface area contributed by atoms with Crippen LogP contribution in [0.1, 0.15) is 20.7 Å². The molecule has 0 fully saturated rings. The van der Waals surface area contributed by atoms with Gasteiger partial charge in [-0.15, -0.1) is 0 Å². The highest BCUT2D eigenvalue weighted by atomic mass is 79.9. The molecule has 104 valence electrons. The highest BCUT2D eigenvalue weighted by molar-refractivity contribution is 9.11. The van der Waals surface area contributed by atoms with Crippen LogP contribution in [0.3, 0.4) is 0 Å². The highest BCUT2D eigenvalue weighted by Gasteiger charge is 1.94. The number of hydrogen-bond donors (Lipinski definition) is 0. The van der Waals surface area contributed by atoms with Crippen molar-refractivity contribution in [3.8, 4) is 0 Å². The number of rotatable bonds is 2. The van der Waals surface area contributed by atoms with Crippen LogP contribution in [-0.4, -0.2) is 12.6 Å². The number of aldehydes is 2. The van der Waals surface area contributed by atoms with Crippen LogP contribution in [0.15, 0.2) is 54.3 Å². The van der Waals surface area contributed by atoms with Crippen LogP contribution < -0.4 is 0 Å². The molecule has 2 nitrogen and oxygen atoms in total. The normalized spacial score (nSPS) is 9.40. The second kappa shape index (κ2) is 8.87. The lowest BCUT2D eigenvalue weighted by Crippen LogP contribution is -1.78. The first kappa shape index (κ1) is 17.8. The van der Waals surface area contributed by atoms with Crippen molar-refractivity contribution in [2.24, 2.45) is 0 Å². The molecule has 0 aliphatic rings. The Balaban J connectivity index is 0.000000200. The third-order valence-corrected chi connectivity index (χ3v) is 3.87. The topological polar surface area (TPSA) is 34.1 Å². The SMILES string of the molecule is O=Cc1cc(Br)cc(Br)c1.O=Cc1cc(Br)cc(Br)c1. The third-order valence-electron chi connectivity index (χ3n) is 2.04. The van der Waals surface area contributed by atoms with Crippen molar-refractivity contribution in [1.82, 2.24) is 0 Å². The van der Waals surface area contributed by atoms with Crippen LogP contribution in [0.25, 0.3) is 0 Å². The molecule has 2 aromatic rings. The number of carbonyl (C=O) groups is 2. The van der Waals surface area contributed by atoms with E-state index in [0.717, 1.165) is 30.5 Å². The van der Waals surface area contributed by atoms with Gasteiger partial charge in [0.2, 0.25) is 0 Å². The Kier molecular flexibility index (Phi) is 7.87. The Hall–Kier alpha value is -0.300. The molecule has 0 radical (unpaired) electrons. The largest absolute Gasteiger partial charge is 0.298 e. The summed E-state index contributed by atoms with van der Waals surface area (Å²) < 4.78 is 3.63. The molecule has 2 rings (SSSR count). The molecular formula is C14H8Br4O2. The number of hydrogen-bond acceptors (Lipinski definition) is 2. The Morgan fingerprint density at radius 1 is 0.550 bits per heavy atom. The van der Waals surface area contributed by atoms with Crippen molar-refractivity contribution in [1.29, 1.82) is 0 Å². The van der Waals surface area contributed by atoms with E-state index in [-0.39, 0.29) is 0 Å². The molecule has 0 aliphatic carbocycles. The van der Waals surface area contributed by atoms with Crippen molar-refractivity contribution in [2.45, 2.75) is 0 Å².